The Kier molecular flexibility index (Phi) is 6.05. The minimum Gasteiger partial charge on any atom is -0.462 e. The molecule has 8 heteroatoms. The van der Waals surface area contributed by atoms with Crippen molar-refractivity contribution in [3.05, 3.63) is 75.1 Å². The standard InChI is InChI=1S/C24H23N3O4S/c1-4-31-24(30)21-14(2)20-22(32-21)25-13-27(23(20)29)12-19(28)26-15(3)17-10-9-16-7-5-6-8-18(16)11-17/h5-11,13,15H,4,12H2,1-3H3,(H,26,28). The molecule has 1 amide bonds. The highest BCUT2D eigenvalue weighted by Gasteiger charge is 2.21. The molecule has 4 rings (SSSR count). The van der Waals surface area contributed by atoms with E-state index in [0.29, 0.717) is 20.7 Å². The lowest BCUT2D eigenvalue weighted by Gasteiger charge is -2.15. The van der Waals surface area contributed by atoms with Crippen LogP contribution in [-0.4, -0.2) is 28.0 Å². The van der Waals surface area contributed by atoms with E-state index in [1.165, 1.54) is 10.9 Å². The van der Waals surface area contributed by atoms with Gasteiger partial charge < -0.3 is 10.1 Å². The molecule has 0 bridgehead atoms. The molecule has 0 aliphatic rings. The molecule has 1 unspecified atom stereocenters. The Morgan fingerprint density at radius 2 is 1.94 bits per heavy atom. The van der Waals surface area contributed by atoms with Gasteiger partial charge in [-0.15, -0.1) is 11.3 Å². The Labute approximate surface area is 188 Å². The molecule has 2 aromatic carbocycles. The van der Waals surface area contributed by atoms with Gasteiger partial charge in [-0.25, -0.2) is 9.78 Å². The van der Waals surface area contributed by atoms with Crippen molar-refractivity contribution in [2.24, 2.45) is 0 Å². The zero-order valence-corrected chi connectivity index (χ0v) is 18.9. The number of thiophene rings is 1. The van der Waals surface area contributed by atoms with Crippen LogP contribution in [0.25, 0.3) is 21.0 Å². The van der Waals surface area contributed by atoms with Crippen LogP contribution >= 0.6 is 11.3 Å². The monoisotopic (exact) mass is 449 g/mol. The van der Waals surface area contributed by atoms with Crippen LogP contribution in [0.3, 0.4) is 0 Å². The number of carbonyl (C=O) groups excluding carboxylic acids is 2. The Bertz CT molecular complexity index is 1390. The van der Waals surface area contributed by atoms with Crippen LogP contribution in [0.4, 0.5) is 0 Å². The normalized spacial score (nSPS) is 12.1. The SMILES string of the molecule is CCOC(=O)c1sc2ncn(CC(=O)NC(C)c3ccc4ccccc4c3)c(=O)c2c1C. The van der Waals surface area contributed by atoms with Gasteiger partial charge in [-0.1, -0.05) is 36.4 Å². The largest absolute Gasteiger partial charge is 0.462 e. The molecular formula is C24H23N3O4S. The van der Waals surface area contributed by atoms with Crippen molar-refractivity contribution in [3.63, 3.8) is 0 Å². The van der Waals surface area contributed by atoms with E-state index in [1.54, 1.807) is 13.8 Å². The summed E-state index contributed by atoms with van der Waals surface area (Å²) in [6.07, 6.45) is 1.34. The minimum atomic E-state index is -0.471. The highest BCUT2D eigenvalue weighted by Crippen LogP contribution is 2.27. The lowest BCUT2D eigenvalue weighted by molar-refractivity contribution is -0.122. The smallest absolute Gasteiger partial charge is 0.348 e. The predicted octanol–water partition coefficient (Wildman–Crippen LogP) is 3.97. The average Bonchev–Trinajstić information content (AvgIpc) is 3.12. The summed E-state index contributed by atoms with van der Waals surface area (Å²) in [5, 5.41) is 5.52. The molecule has 2 heterocycles. The number of hydrogen-bond acceptors (Lipinski definition) is 6. The van der Waals surface area contributed by atoms with Crippen molar-refractivity contribution >= 4 is 44.2 Å². The molecule has 32 heavy (non-hydrogen) atoms. The van der Waals surface area contributed by atoms with Crippen molar-refractivity contribution in [3.8, 4) is 0 Å². The van der Waals surface area contributed by atoms with Gasteiger partial charge >= 0.3 is 5.97 Å². The van der Waals surface area contributed by atoms with E-state index in [0.717, 1.165) is 27.7 Å². The van der Waals surface area contributed by atoms with E-state index in [9.17, 15) is 14.4 Å². The molecule has 1 atom stereocenters. The van der Waals surface area contributed by atoms with Gasteiger partial charge in [0.1, 0.15) is 16.3 Å². The zero-order chi connectivity index (χ0) is 22.8. The molecule has 2 aromatic heterocycles. The van der Waals surface area contributed by atoms with E-state index in [4.69, 9.17) is 4.74 Å². The lowest BCUT2D eigenvalue weighted by atomic mass is 10.0. The number of aromatic nitrogens is 2. The molecule has 164 valence electrons. The molecule has 0 saturated carbocycles. The highest BCUT2D eigenvalue weighted by molar-refractivity contribution is 7.20. The van der Waals surface area contributed by atoms with Crippen LogP contribution in [0.15, 0.2) is 53.6 Å². The zero-order valence-electron chi connectivity index (χ0n) is 18.0. The number of amides is 1. The van der Waals surface area contributed by atoms with E-state index in [1.807, 2.05) is 49.4 Å². The van der Waals surface area contributed by atoms with Crippen LogP contribution in [-0.2, 0) is 16.1 Å². The third-order valence-corrected chi connectivity index (χ3v) is 6.52. The highest BCUT2D eigenvalue weighted by atomic mass is 32.1. The maximum absolute atomic E-state index is 13.0. The van der Waals surface area contributed by atoms with Gasteiger partial charge in [0.2, 0.25) is 5.91 Å². The molecular weight excluding hydrogens is 426 g/mol. The van der Waals surface area contributed by atoms with Crippen molar-refractivity contribution in [1.29, 1.82) is 0 Å². The Morgan fingerprint density at radius 3 is 2.69 bits per heavy atom. The number of fused-ring (bicyclic) bond motifs is 2. The molecule has 0 aliphatic carbocycles. The minimum absolute atomic E-state index is 0.163. The third kappa shape index (κ3) is 4.13. The van der Waals surface area contributed by atoms with Crippen molar-refractivity contribution < 1.29 is 14.3 Å². The molecule has 0 radical (unpaired) electrons. The Balaban J connectivity index is 1.54. The van der Waals surface area contributed by atoms with E-state index >= 15 is 0 Å². The Morgan fingerprint density at radius 1 is 1.19 bits per heavy atom. The van der Waals surface area contributed by atoms with Gasteiger partial charge in [0, 0.05) is 0 Å². The van der Waals surface area contributed by atoms with Gasteiger partial charge in [0.05, 0.1) is 24.4 Å². The third-order valence-electron chi connectivity index (χ3n) is 5.34. The van der Waals surface area contributed by atoms with Crippen LogP contribution in [0, 0.1) is 6.92 Å². The molecule has 7 nitrogen and oxygen atoms in total. The first-order chi connectivity index (χ1) is 15.4. The first kappa shape index (κ1) is 21.7. The predicted molar refractivity (Wildman–Crippen MR) is 125 cm³/mol. The maximum atomic E-state index is 13.0. The average molecular weight is 450 g/mol. The van der Waals surface area contributed by atoms with Crippen molar-refractivity contribution in [2.45, 2.75) is 33.4 Å². The van der Waals surface area contributed by atoms with Crippen LogP contribution in [0.2, 0.25) is 0 Å². The topological polar surface area (TPSA) is 90.3 Å². The van der Waals surface area contributed by atoms with Gasteiger partial charge in [-0.3, -0.25) is 14.2 Å². The van der Waals surface area contributed by atoms with Crippen molar-refractivity contribution in [1.82, 2.24) is 14.9 Å². The van der Waals surface area contributed by atoms with E-state index in [-0.39, 0.29) is 30.7 Å². The number of aryl methyl sites for hydroxylation is 1. The summed E-state index contributed by atoms with van der Waals surface area (Å²) in [7, 11) is 0. The second-order valence-electron chi connectivity index (χ2n) is 7.53. The summed E-state index contributed by atoms with van der Waals surface area (Å²) < 4.78 is 6.32. The quantitative estimate of drug-likeness (QED) is 0.450. The number of carbonyl (C=O) groups is 2. The number of benzene rings is 2. The molecule has 0 spiro atoms. The van der Waals surface area contributed by atoms with Crippen molar-refractivity contribution in [2.75, 3.05) is 6.61 Å². The summed E-state index contributed by atoms with van der Waals surface area (Å²) in [5.41, 5.74) is 1.15. The van der Waals surface area contributed by atoms with E-state index < -0.39 is 5.97 Å². The Hall–Kier alpha value is -3.52. The molecule has 0 fully saturated rings. The first-order valence-corrected chi connectivity index (χ1v) is 11.1. The summed E-state index contributed by atoms with van der Waals surface area (Å²) in [6, 6.07) is 13.9. The number of rotatable bonds is 6. The lowest BCUT2D eigenvalue weighted by Crippen LogP contribution is -2.34. The van der Waals surface area contributed by atoms with E-state index in [2.05, 4.69) is 10.3 Å². The summed E-state index contributed by atoms with van der Waals surface area (Å²) in [4.78, 5) is 42.9. The van der Waals surface area contributed by atoms with Gasteiger partial charge in [-0.05, 0) is 48.7 Å². The van der Waals surface area contributed by atoms with Crippen LogP contribution in [0.1, 0.15) is 40.7 Å². The maximum Gasteiger partial charge on any atom is 0.348 e. The second kappa shape index (κ2) is 8.92. The molecule has 0 aliphatic heterocycles. The van der Waals surface area contributed by atoms with Crippen LogP contribution in [0.5, 0.6) is 0 Å². The van der Waals surface area contributed by atoms with Gasteiger partial charge in [-0.2, -0.15) is 0 Å². The van der Waals surface area contributed by atoms with Gasteiger partial charge in [0.25, 0.3) is 5.56 Å². The fourth-order valence-electron chi connectivity index (χ4n) is 3.67. The number of nitrogens with one attached hydrogen (secondary N) is 1. The second-order valence-corrected chi connectivity index (χ2v) is 8.53. The molecule has 4 aromatic rings. The number of esters is 1. The van der Waals surface area contributed by atoms with Crippen LogP contribution < -0.4 is 10.9 Å². The molecule has 1 N–H and O–H groups in total. The molecule has 0 saturated heterocycles. The summed E-state index contributed by atoms with van der Waals surface area (Å²) in [5.74, 6) is -0.770. The fourth-order valence-corrected chi connectivity index (χ4v) is 4.70. The number of ether oxygens (including phenoxy) is 1. The van der Waals surface area contributed by atoms with Gasteiger partial charge in [0.15, 0.2) is 0 Å². The number of nitrogens with zero attached hydrogens (tertiary/aromatic N) is 2. The summed E-state index contributed by atoms with van der Waals surface area (Å²) >= 11 is 1.12. The fraction of sp³-hybridized carbons (Fsp3) is 0.250. The number of hydrogen-bond donors (Lipinski definition) is 1. The summed E-state index contributed by atoms with van der Waals surface area (Å²) in [6.45, 7) is 5.41. The first-order valence-electron chi connectivity index (χ1n) is 10.3.